The molecule has 0 bridgehead atoms. The molecular formula is C12H14N2O4. The van der Waals surface area contributed by atoms with Crippen LogP contribution in [0.3, 0.4) is 0 Å². The highest BCUT2D eigenvalue weighted by molar-refractivity contribution is 6.06. The lowest BCUT2D eigenvalue weighted by atomic mass is 10.2. The summed E-state index contributed by atoms with van der Waals surface area (Å²) in [6.07, 6.45) is 0.124. The Bertz CT molecular complexity index is 487. The zero-order chi connectivity index (χ0) is 13.1. The van der Waals surface area contributed by atoms with Crippen molar-refractivity contribution in [2.75, 3.05) is 19.5 Å². The third-order valence-electron chi connectivity index (χ3n) is 2.71. The minimum atomic E-state index is -0.571. The fourth-order valence-corrected chi connectivity index (χ4v) is 1.78. The molecule has 1 aliphatic heterocycles. The van der Waals surface area contributed by atoms with Crippen LogP contribution in [-0.2, 0) is 9.59 Å². The van der Waals surface area contributed by atoms with Gasteiger partial charge < -0.3 is 14.8 Å². The first kappa shape index (κ1) is 12.2. The van der Waals surface area contributed by atoms with E-state index in [4.69, 9.17) is 9.47 Å². The molecule has 2 rings (SSSR count). The summed E-state index contributed by atoms with van der Waals surface area (Å²) in [6.45, 7) is 0. The van der Waals surface area contributed by atoms with Crippen LogP contribution in [0.15, 0.2) is 18.2 Å². The molecule has 18 heavy (non-hydrogen) atoms. The largest absolute Gasteiger partial charge is 0.497 e. The molecule has 0 radical (unpaired) electrons. The summed E-state index contributed by atoms with van der Waals surface area (Å²) >= 11 is 0. The predicted molar refractivity (Wildman–Crippen MR) is 64.7 cm³/mol. The second-order valence-electron chi connectivity index (χ2n) is 3.88. The fraction of sp³-hybridized carbons (Fsp3) is 0.333. The number of hydrogen-bond acceptors (Lipinski definition) is 5. The lowest BCUT2D eigenvalue weighted by Crippen LogP contribution is -2.30. The van der Waals surface area contributed by atoms with Crippen molar-refractivity contribution < 1.29 is 19.1 Å². The summed E-state index contributed by atoms with van der Waals surface area (Å²) in [4.78, 5) is 22.6. The summed E-state index contributed by atoms with van der Waals surface area (Å²) in [5.74, 6) is 0.621. The topological polar surface area (TPSA) is 76.7 Å². The summed E-state index contributed by atoms with van der Waals surface area (Å²) < 4.78 is 10.3. The van der Waals surface area contributed by atoms with Crippen LogP contribution in [0.1, 0.15) is 6.42 Å². The number of methoxy groups -OCH3 is 2. The van der Waals surface area contributed by atoms with Crippen molar-refractivity contribution in [1.82, 2.24) is 5.32 Å². The van der Waals surface area contributed by atoms with Crippen molar-refractivity contribution in [3.8, 4) is 11.5 Å². The third-order valence-corrected chi connectivity index (χ3v) is 2.71. The molecular weight excluding hydrogens is 236 g/mol. The van der Waals surface area contributed by atoms with Crippen LogP contribution < -0.4 is 20.1 Å². The molecule has 2 N–H and O–H groups in total. The lowest BCUT2D eigenvalue weighted by Gasteiger charge is -2.15. The number of benzene rings is 1. The minimum absolute atomic E-state index is 0.124. The Labute approximate surface area is 104 Å². The molecule has 1 unspecified atom stereocenters. The lowest BCUT2D eigenvalue weighted by molar-refractivity contribution is -0.124. The molecule has 1 aromatic rings. The molecule has 1 aliphatic rings. The van der Waals surface area contributed by atoms with Crippen molar-refractivity contribution in [3.05, 3.63) is 18.2 Å². The molecule has 96 valence electrons. The normalized spacial score (nSPS) is 18.4. The molecule has 1 heterocycles. The van der Waals surface area contributed by atoms with E-state index >= 15 is 0 Å². The molecule has 0 aromatic heterocycles. The summed E-state index contributed by atoms with van der Waals surface area (Å²) in [7, 11) is 3.09. The highest BCUT2D eigenvalue weighted by Gasteiger charge is 2.30. The molecule has 1 saturated heterocycles. The molecule has 6 nitrogen and oxygen atoms in total. The maximum absolute atomic E-state index is 11.5. The minimum Gasteiger partial charge on any atom is -0.497 e. The Morgan fingerprint density at radius 2 is 2.06 bits per heavy atom. The smallest absolute Gasteiger partial charge is 0.249 e. The molecule has 6 heteroatoms. The zero-order valence-corrected chi connectivity index (χ0v) is 10.1. The van der Waals surface area contributed by atoms with Gasteiger partial charge in [0.2, 0.25) is 11.8 Å². The number of carbonyl (C=O) groups excluding carboxylic acids is 2. The predicted octanol–water partition coefficient (Wildman–Crippen LogP) is 0.531. The van der Waals surface area contributed by atoms with Crippen molar-refractivity contribution >= 4 is 17.5 Å². The highest BCUT2D eigenvalue weighted by atomic mass is 16.5. The van der Waals surface area contributed by atoms with Gasteiger partial charge in [0.15, 0.2) is 0 Å². The number of anilines is 1. The van der Waals surface area contributed by atoms with E-state index in [1.54, 1.807) is 25.3 Å². The number of nitrogens with one attached hydrogen (secondary N) is 2. The average molecular weight is 250 g/mol. The quantitative estimate of drug-likeness (QED) is 0.762. The second-order valence-corrected chi connectivity index (χ2v) is 3.88. The van der Waals surface area contributed by atoms with Gasteiger partial charge in [0.1, 0.15) is 17.5 Å². The van der Waals surface area contributed by atoms with Crippen LogP contribution in [0.25, 0.3) is 0 Å². The number of hydrogen-bond donors (Lipinski definition) is 2. The van der Waals surface area contributed by atoms with E-state index in [1.165, 1.54) is 7.11 Å². The van der Waals surface area contributed by atoms with E-state index in [-0.39, 0.29) is 18.2 Å². The molecule has 1 fully saturated rings. The Morgan fingerprint density at radius 3 is 2.61 bits per heavy atom. The van der Waals surface area contributed by atoms with E-state index < -0.39 is 6.04 Å². The van der Waals surface area contributed by atoms with Gasteiger partial charge in [-0.05, 0) is 12.1 Å². The average Bonchev–Trinajstić information content (AvgIpc) is 2.67. The molecule has 1 aromatic carbocycles. The standard InChI is InChI=1S/C12H14N2O4/c1-17-7-3-4-10(18-2)8(5-7)13-9-6-11(15)14-12(9)16/h3-5,9,13H,6H2,1-2H3,(H,14,15,16). The van der Waals surface area contributed by atoms with Gasteiger partial charge in [-0.25, -0.2) is 0 Å². The summed E-state index contributed by atoms with van der Waals surface area (Å²) in [6, 6.07) is 4.63. The first-order chi connectivity index (χ1) is 8.63. The van der Waals surface area contributed by atoms with Gasteiger partial charge in [0.05, 0.1) is 26.3 Å². The SMILES string of the molecule is COc1ccc(OC)c(NC2CC(=O)NC2=O)c1. The van der Waals surface area contributed by atoms with Crippen molar-refractivity contribution in [2.45, 2.75) is 12.5 Å². The summed E-state index contributed by atoms with van der Waals surface area (Å²) in [5.41, 5.74) is 0.617. The van der Waals surface area contributed by atoms with Gasteiger partial charge >= 0.3 is 0 Å². The Kier molecular flexibility index (Phi) is 3.36. The Balaban J connectivity index is 2.21. The maximum atomic E-state index is 11.5. The zero-order valence-electron chi connectivity index (χ0n) is 10.1. The number of rotatable bonds is 4. The van der Waals surface area contributed by atoms with Crippen LogP contribution in [0, 0.1) is 0 Å². The molecule has 2 amide bonds. The van der Waals surface area contributed by atoms with E-state index in [0.29, 0.717) is 17.2 Å². The molecule has 0 saturated carbocycles. The number of imide groups is 1. The van der Waals surface area contributed by atoms with Crippen molar-refractivity contribution in [1.29, 1.82) is 0 Å². The Morgan fingerprint density at radius 1 is 1.28 bits per heavy atom. The van der Waals surface area contributed by atoms with Gasteiger partial charge in [0, 0.05) is 6.07 Å². The van der Waals surface area contributed by atoms with E-state index in [0.717, 1.165) is 0 Å². The van der Waals surface area contributed by atoms with Gasteiger partial charge in [-0.15, -0.1) is 0 Å². The molecule has 0 spiro atoms. The van der Waals surface area contributed by atoms with Gasteiger partial charge in [-0.1, -0.05) is 0 Å². The first-order valence-electron chi connectivity index (χ1n) is 5.46. The third kappa shape index (κ3) is 2.37. The number of amides is 2. The monoisotopic (exact) mass is 250 g/mol. The fourth-order valence-electron chi connectivity index (χ4n) is 1.78. The first-order valence-corrected chi connectivity index (χ1v) is 5.46. The van der Waals surface area contributed by atoms with Crippen molar-refractivity contribution in [2.24, 2.45) is 0 Å². The Hall–Kier alpha value is -2.24. The van der Waals surface area contributed by atoms with Crippen LogP contribution >= 0.6 is 0 Å². The van der Waals surface area contributed by atoms with Crippen LogP contribution in [-0.4, -0.2) is 32.1 Å². The van der Waals surface area contributed by atoms with Gasteiger partial charge in [0.25, 0.3) is 0 Å². The van der Waals surface area contributed by atoms with Gasteiger partial charge in [-0.3, -0.25) is 14.9 Å². The number of carbonyl (C=O) groups is 2. The van der Waals surface area contributed by atoms with E-state index in [1.807, 2.05) is 0 Å². The number of ether oxygens (including phenoxy) is 2. The van der Waals surface area contributed by atoms with Crippen molar-refractivity contribution in [3.63, 3.8) is 0 Å². The molecule has 1 atom stereocenters. The van der Waals surface area contributed by atoms with Crippen LogP contribution in [0.4, 0.5) is 5.69 Å². The second kappa shape index (κ2) is 4.95. The van der Waals surface area contributed by atoms with E-state index in [9.17, 15) is 9.59 Å². The highest BCUT2D eigenvalue weighted by Crippen LogP contribution is 2.30. The van der Waals surface area contributed by atoms with E-state index in [2.05, 4.69) is 10.6 Å². The van der Waals surface area contributed by atoms with Gasteiger partial charge in [-0.2, -0.15) is 0 Å². The summed E-state index contributed by atoms with van der Waals surface area (Å²) in [5, 5.41) is 5.22. The van der Waals surface area contributed by atoms with Crippen LogP contribution in [0.5, 0.6) is 11.5 Å². The maximum Gasteiger partial charge on any atom is 0.249 e. The molecule has 0 aliphatic carbocycles. The van der Waals surface area contributed by atoms with Crippen LogP contribution in [0.2, 0.25) is 0 Å².